The molecule has 4 heteroatoms. The Kier molecular flexibility index (Phi) is 3.98. The highest BCUT2D eigenvalue weighted by Gasteiger charge is 2.13. The Hall–Kier alpha value is -1.00. The van der Waals surface area contributed by atoms with E-state index in [1.807, 2.05) is 30.5 Å². The minimum atomic E-state index is -0.573. The highest BCUT2D eigenvalue weighted by Crippen LogP contribution is 2.17. The summed E-state index contributed by atoms with van der Waals surface area (Å²) >= 11 is 1.66. The van der Waals surface area contributed by atoms with Gasteiger partial charge in [-0.05, 0) is 24.0 Å². The lowest BCUT2D eigenvalue weighted by molar-refractivity contribution is -0.121. The fourth-order valence-electron chi connectivity index (χ4n) is 1.12. The predicted octanol–water partition coefficient (Wildman–Crippen LogP) is 1.15. The lowest BCUT2D eigenvalue weighted by Crippen LogP contribution is -2.31. The number of nitrogens with one attached hydrogen (secondary N) is 1. The number of amides is 1. The number of benzene rings is 1. The molecule has 0 aliphatic carbocycles. The molecule has 3 N–H and O–H groups in total. The van der Waals surface area contributed by atoms with E-state index in [9.17, 15) is 4.79 Å². The minimum absolute atomic E-state index is 0.165. The van der Waals surface area contributed by atoms with Gasteiger partial charge in [0, 0.05) is 11.9 Å². The molecule has 0 spiro atoms. The zero-order chi connectivity index (χ0) is 10.6. The van der Waals surface area contributed by atoms with E-state index in [1.54, 1.807) is 18.8 Å². The predicted molar refractivity (Wildman–Crippen MR) is 59.2 cm³/mol. The maximum Gasteiger partial charge on any atom is 0.241 e. The Bertz CT molecular complexity index is 310. The van der Waals surface area contributed by atoms with Crippen LogP contribution >= 0.6 is 11.8 Å². The van der Waals surface area contributed by atoms with Gasteiger partial charge in [-0.15, -0.1) is 11.8 Å². The number of nitrogens with two attached hydrogens (primary N) is 1. The molecule has 3 nitrogen and oxygen atoms in total. The lowest BCUT2D eigenvalue weighted by Gasteiger charge is -2.10. The van der Waals surface area contributed by atoms with Crippen LogP contribution < -0.4 is 11.1 Å². The number of hydrogen-bond donors (Lipinski definition) is 2. The molecule has 1 rings (SSSR count). The molecule has 0 aliphatic heterocycles. The number of thioether (sulfide) groups is 1. The molecular weight excluding hydrogens is 196 g/mol. The monoisotopic (exact) mass is 210 g/mol. The molecule has 0 saturated heterocycles. The van der Waals surface area contributed by atoms with Crippen LogP contribution in [0.5, 0.6) is 0 Å². The zero-order valence-electron chi connectivity index (χ0n) is 8.28. The number of likely N-dealkylation sites (N-methyl/N-ethyl adjacent to an activating group) is 1. The van der Waals surface area contributed by atoms with Gasteiger partial charge in [-0.2, -0.15) is 0 Å². The average molecular weight is 210 g/mol. The first-order valence-electron chi connectivity index (χ1n) is 4.30. The van der Waals surface area contributed by atoms with E-state index in [0.29, 0.717) is 0 Å². The van der Waals surface area contributed by atoms with Gasteiger partial charge in [0.1, 0.15) is 6.04 Å². The van der Waals surface area contributed by atoms with Crippen molar-refractivity contribution < 1.29 is 4.79 Å². The van der Waals surface area contributed by atoms with Crippen LogP contribution in [0.2, 0.25) is 0 Å². The summed E-state index contributed by atoms with van der Waals surface area (Å²) in [6.07, 6.45) is 2.01. The highest BCUT2D eigenvalue weighted by molar-refractivity contribution is 7.98. The van der Waals surface area contributed by atoms with Crippen LogP contribution in [0.1, 0.15) is 11.6 Å². The molecule has 0 aliphatic rings. The fraction of sp³-hybridized carbons (Fsp3) is 0.300. The third kappa shape index (κ3) is 2.49. The second-order valence-corrected chi connectivity index (χ2v) is 3.74. The summed E-state index contributed by atoms with van der Waals surface area (Å²) < 4.78 is 0. The van der Waals surface area contributed by atoms with Crippen molar-refractivity contribution in [2.24, 2.45) is 5.73 Å². The molecule has 0 bridgehead atoms. The van der Waals surface area contributed by atoms with E-state index < -0.39 is 6.04 Å². The first-order chi connectivity index (χ1) is 6.69. The van der Waals surface area contributed by atoms with Crippen molar-refractivity contribution in [3.8, 4) is 0 Å². The van der Waals surface area contributed by atoms with Gasteiger partial charge in [-0.3, -0.25) is 4.79 Å². The third-order valence-electron chi connectivity index (χ3n) is 2.00. The van der Waals surface area contributed by atoms with Crippen molar-refractivity contribution in [1.29, 1.82) is 0 Å². The summed E-state index contributed by atoms with van der Waals surface area (Å²) in [5, 5.41) is 2.52. The molecule has 1 aromatic rings. The van der Waals surface area contributed by atoms with E-state index in [-0.39, 0.29) is 5.91 Å². The Labute approximate surface area is 88.1 Å². The maximum atomic E-state index is 11.2. The average Bonchev–Trinajstić information content (AvgIpc) is 2.27. The van der Waals surface area contributed by atoms with Gasteiger partial charge < -0.3 is 11.1 Å². The highest BCUT2D eigenvalue weighted by atomic mass is 32.2. The van der Waals surface area contributed by atoms with Crippen LogP contribution in [0.25, 0.3) is 0 Å². The van der Waals surface area contributed by atoms with Crippen LogP contribution in [0.3, 0.4) is 0 Å². The van der Waals surface area contributed by atoms with Crippen LogP contribution in [0.4, 0.5) is 0 Å². The molecule has 0 aromatic heterocycles. The lowest BCUT2D eigenvalue weighted by atomic mass is 10.1. The number of carbonyl (C=O) groups excluding carboxylic acids is 1. The summed E-state index contributed by atoms with van der Waals surface area (Å²) in [6.45, 7) is 0. The van der Waals surface area contributed by atoms with E-state index in [0.717, 1.165) is 10.5 Å². The summed E-state index contributed by atoms with van der Waals surface area (Å²) in [5.41, 5.74) is 6.56. The zero-order valence-corrected chi connectivity index (χ0v) is 9.10. The fourth-order valence-corrected chi connectivity index (χ4v) is 1.53. The van der Waals surface area contributed by atoms with Gasteiger partial charge in [0.2, 0.25) is 5.91 Å². The molecular formula is C10H14N2OS. The summed E-state index contributed by atoms with van der Waals surface area (Å²) in [6, 6.07) is 7.11. The normalized spacial score (nSPS) is 12.2. The topological polar surface area (TPSA) is 55.1 Å². The second-order valence-electron chi connectivity index (χ2n) is 2.87. The van der Waals surface area contributed by atoms with E-state index in [2.05, 4.69) is 5.32 Å². The Balaban J connectivity index is 2.81. The van der Waals surface area contributed by atoms with Crippen molar-refractivity contribution in [3.63, 3.8) is 0 Å². The molecule has 14 heavy (non-hydrogen) atoms. The summed E-state index contributed by atoms with van der Waals surface area (Å²) in [5.74, 6) is -0.165. The van der Waals surface area contributed by atoms with Crippen LogP contribution in [0, 0.1) is 0 Å². The first-order valence-corrected chi connectivity index (χ1v) is 5.52. The SMILES string of the molecule is CNC(=O)C(N)c1ccc(SC)cc1. The molecule has 0 fully saturated rings. The first kappa shape index (κ1) is 11.1. The van der Waals surface area contributed by atoms with Gasteiger partial charge in [0.25, 0.3) is 0 Å². The number of carbonyl (C=O) groups is 1. The molecule has 1 atom stereocenters. The number of rotatable bonds is 3. The summed E-state index contributed by atoms with van der Waals surface area (Å²) in [4.78, 5) is 12.4. The van der Waals surface area contributed by atoms with Gasteiger partial charge in [-0.25, -0.2) is 0 Å². The molecule has 0 radical (unpaired) electrons. The Morgan fingerprint density at radius 3 is 2.43 bits per heavy atom. The van der Waals surface area contributed by atoms with E-state index in [1.165, 1.54) is 0 Å². The molecule has 1 aromatic carbocycles. The van der Waals surface area contributed by atoms with Crippen LogP contribution in [-0.2, 0) is 4.79 Å². The maximum absolute atomic E-state index is 11.2. The minimum Gasteiger partial charge on any atom is -0.358 e. The Morgan fingerprint density at radius 1 is 1.43 bits per heavy atom. The second kappa shape index (κ2) is 5.02. The quantitative estimate of drug-likeness (QED) is 0.736. The smallest absolute Gasteiger partial charge is 0.241 e. The summed E-state index contributed by atoms with van der Waals surface area (Å²) in [7, 11) is 1.58. The largest absolute Gasteiger partial charge is 0.358 e. The number of hydrogen-bond acceptors (Lipinski definition) is 3. The molecule has 0 saturated carbocycles. The molecule has 76 valence electrons. The standard InChI is InChI=1S/C10H14N2OS/c1-12-10(13)9(11)7-3-5-8(14-2)6-4-7/h3-6,9H,11H2,1-2H3,(H,12,13). The van der Waals surface area contributed by atoms with E-state index in [4.69, 9.17) is 5.73 Å². The Morgan fingerprint density at radius 2 is 2.00 bits per heavy atom. The van der Waals surface area contributed by atoms with Gasteiger partial charge >= 0.3 is 0 Å². The molecule has 1 amide bonds. The van der Waals surface area contributed by atoms with E-state index >= 15 is 0 Å². The van der Waals surface area contributed by atoms with Crippen molar-refractivity contribution in [3.05, 3.63) is 29.8 Å². The molecule has 1 unspecified atom stereocenters. The van der Waals surface area contributed by atoms with Crippen molar-refractivity contribution in [1.82, 2.24) is 5.32 Å². The van der Waals surface area contributed by atoms with Gasteiger partial charge in [0.15, 0.2) is 0 Å². The van der Waals surface area contributed by atoms with Crippen molar-refractivity contribution in [2.75, 3.05) is 13.3 Å². The van der Waals surface area contributed by atoms with Crippen molar-refractivity contribution >= 4 is 17.7 Å². The van der Waals surface area contributed by atoms with Crippen molar-refractivity contribution in [2.45, 2.75) is 10.9 Å². The van der Waals surface area contributed by atoms with Crippen LogP contribution in [-0.4, -0.2) is 19.2 Å². The molecule has 0 heterocycles. The van der Waals surface area contributed by atoms with Crippen LogP contribution in [0.15, 0.2) is 29.2 Å². The third-order valence-corrected chi connectivity index (χ3v) is 2.75. The van der Waals surface area contributed by atoms with Gasteiger partial charge in [-0.1, -0.05) is 12.1 Å². The van der Waals surface area contributed by atoms with Gasteiger partial charge in [0.05, 0.1) is 0 Å².